The summed E-state index contributed by atoms with van der Waals surface area (Å²) in [4.78, 5) is 15.1. The predicted molar refractivity (Wildman–Crippen MR) is 130 cm³/mol. The van der Waals surface area contributed by atoms with Gasteiger partial charge in [0.15, 0.2) is 11.5 Å². The van der Waals surface area contributed by atoms with Gasteiger partial charge in [-0.3, -0.25) is 4.79 Å². The second-order valence-corrected chi connectivity index (χ2v) is 10.6. The Labute approximate surface area is 202 Å². The zero-order valence-electron chi connectivity index (χ0n) is 20.8. The SMILES string of the molecule is COc1cc(CN(C)C(=O)C2CCN(S(=O)(=O)c3cc(C)ccc3C)CC2)cc(OC)c1OC. The van der Waals surface area contributed by atoms with Gasteiger partial charge in [0.05, 0.1) is 26.2 Å². The molecule has 0 unspecified atom stereocenters. The van der Waals surface area contributed by atoms with Gasteiger partial charge in [-0.05, 0) is 61.6 Å². The second-order valence-electron chi connectivity index (χ2n) is 8.68. The number of ether oxygens (including phenoxy) is 3. The van der Waals surface area contributed by atoms with Crippen molar-refractivity contribution >= 4 is 15.9 Å². The Hall–Kier alpha value is -2.78. The standard InChI is InChI=1S/C25H34N2O6S/c1-17-7-8-18(2)23(13-17)34(29,30)27-11-9-20(10-12-27)25(28)26(3)16-19-14-21(31-4)24(33-6)22(15-19)32-5/h7-8,13-15,20H,9-12,16H2,1-6H3. The number of sulfonamides is 1. The van der Waals surface area contributed by atoms with Crippen LogP contribution < -0.4 is 14.2 Å². The molecule has 3 rings (SSSR count). The summed E-state index contributed by atoms with van der Waals surface area (Å²) in [5, 5.41) is 0. The first kappa shape index (κ1) is 25.8. The van der Waals surface area contributed by atoms with Crippen molar-refractivity contribution in [1.29, 1.82) is 0 Å². The lowest BCUT2D eigenvalue weighted by Crippen LogP contribution is -2.43. The zero-order chi connectivity index (χ0) is 25.0. The molecule has 2 aromatic rings. The predicted octanol–water partition coefficient (Wildman–Crippen LogP) is 3.39. The maximum atomic E-state index is 13.2. The van der Waals surface area contributed by atoms with E-state index in [1.165, 1.54) is 4.31 Å². The summed E-state index contributed by atoms with van der Waals surface area (Å²) in [6.07, 6.45) is 0.977. The lowest BCUT2D eigenvalue weighted by Gasteiger charge is -2.33. The summed E-state index contributed by atoms with van der Waals surface area (Å²) in [7, 11) is 2.82. The molecule has 9 heteroatoms. The van der Waals surface area contributed by atoms with Gasteiger partial charge >= 0.3 is 0 Å². The molecule has 1 aliphatic rings. The number of carbonyl (C=O) groups is 1. The molecule has 0 spiro atoms. The van der Waals surface area contributed by atoms with E-state index in [2.05, 4.69) is 0 Å². The van der Waals surface area contributed by atoms with Gasteiger partial charge in [-0.15, -0.1) is 0 Å². The molecule has 0 N–H and O–H groups in total. The van der Waals surface area contributed by atoms with Crippen LogP contribution in [-0.2, 0) is 21.4 Å². The minimum absolute atomic E-state index is 0.00228. The van der Waals surface area contributed by atoms with Crippen molar-refractivity contribution in [3.63, 3.8) is 0 Å². The molecular formula is C25H34N2O6S. The molecule has 0 aliphatic carbocycles. The maximum absolute atomic E-state index is 13.2. The van der Waals surface area contributed by atoms with Gasteiger partial charge in [0.2, 0.25) is 21.7 Å². The molecule has 1 heterocycles. The Balaban J connectivity index is 1.67. The van der Waals surface area contributed by atoms with Crippen LogP contribution in [0.3, 0.4) is 0 Å². The van der Waals surface area contributed by atoms with Crippen LogP contribution in [0.5, 0.6) is 17.2 Å². The number of methoxy groups -OCH3 is 3. The highest BCUT2D eigenvalue weighted by Crippen LogP contribution is 2.38. The number of carbonyl (C=O) groups excluding carboxylic acids is 1. The molecule has 186 valence electrons. The van der Waals surface area contributed by atoms with Gasteiger partial charge in [-0.1, -0.05) is 12.1 Å². The van der Waals surface area contributed by atoms with Gasteiger partial charge in [0.1, 0.15) is 0 Å². The first-order chi connectivity index (χ1) is 16.1. The Kier molecular flexibility index (Phi) is 8.09. The van der Waals surface area contributed by atoms with Crippen LogP contribution in [0.1, 0.15) is 29.5 Å². The molecule has 0 aromatic heterocycles. The summed E-state index contributed by atoms with van der Waals surface area (Å²) in [5.41, 5.74) is 2.48. The fourth-order valence-electron chi connectivity index (χ4n) is 4.36. The number of amides is 1. The third-order valence-corrected chi connectivity index (χ3v) is 8.33. The Morgan fingerprint density at radius 1 is 1.00 bits per heavy atom. The average Bonchev–Trinajstić information content (AvgIpc) is 2.84. The lowest BCUT2D eigenvalue weighted by molar-refractivity contribution is -0.135. The summed E-state index contributed by atoms with van der Waals surface area (Å²) in [6, 6.07) is 9.10. The molecule has 34 heavy (non-hydrogen) atoms. The van der Waals surface area contributed by atoms with Crippen molar-refractivity contribution in [2.45, 2.75) is 38.1 Å². The topological polar surface area (TPSA) is 85.4 Å². The van der Waals surface area contributed by atoms with Crippen LogP contribution in [0.15, 0.2) is 35.2 Å². The third-order valence-electron chi connectivity index (χ3n) is 6.29. The van der Waals surface area contributed by atoms with E-state index < -0.39 is 10.0 Å². The van der Waals surface area contributed by atoms with E-state index in [0.717, 1.165) is 16.7 Å². The van der Waals surface area contributed by atoms with Crippen molar-refractivity contribution in [3.05, 3.63) is 47.0 Å². The molecule has 0 atom stereocenters. The summed E-state index contributed by atoms with van der Waals surface area (Å²) >= 11 is 0. The first-order valence-electron chi connectivity index (χ1n) is 11.2. The first-order valence-corrected chi connectivity index (χ1v) is 12.7. The number of benzene rings is 2. The fraction of sp³-hybridized carbons (Fsp3) is 0.480. The van der Waals surface area contributed by atoms with E-state index in [1.807, 2.05) is 31.2 Å². The molecule has 0 bridgehead atoms. The summed E-state index contributed by atoms with van der Waals surface area (Å²) in [5.74, 6) is 1.33. The van der Waals surface area contributed by atoms with Gasteiger partial charge in [-0.25, -0.2) is 8.42 Å². The lowest BCUT2D eigenvalue weighted by atomic mass is 9.96. The molecule has 1 fully saturated rings. The molecule has 8 nitrogen and oxygen atoms in total. The number of hydrogen-bond acceptors (Lipinski definition) is 6. The van der Waals surface area contributed by atoms with Crippen molar-refractivity contribution in [2.24, 2.45) is 5.92 Å². The second kappa shape index (κ2) is 10.7. The number of rotatable bonds is 8. The van der Waals surface area contributed by atoms with Crippen molar-refractivity contribution < 1.29 is 27.4 Å². The Bertz CT molecular complexity index is 1120. The third kappa shape index (κ3) is 5.31. The van der Waals surface area contributed by atoms with E-state index in [4.69, 9.17) is 14.2 Å². The van der Waals surface area contributed by atoms with E-state index in [0.29, 0.717) is 54.6 Å². The molecule has 2 aromatic carbocycles. The normalized spacial score (nSPS) is 15.1. The number of piperidine rings is 1. The van der Waals surface area contributed by atoms with Gasteiger partial charge < -0.3 is 19.1 Å². The molecule has 1 saturated heterocycles. The molecule has 1 amide bonds. The number of nitrogens with zero attached hydrogens (tertiary/aromatic N) is 2. The van der Waals surface area contributed by atoms with E-state index in [1.54, 1.807) is 46.3 Å². The van der Waals surface area contributed by atoms with Gasteiger partial charge in [-0.2, -0.15) is 4.31 Å². The van der Waals surface area contributed by atoms with Gasteiger partial charge in [0.25, 0.3) is 0 Å². The molecule has 1 aliphatic heterocycles. The van der Waals surface area contributed by atoms with Crippen molar-refractivity contribution in [2.75, 3.05) is 41.5 Å². The van der Waals surface area contributed by atoms with Crippen LogP contribution in [-0.4, -0.2) is 65.0 Å². The van der Waals surface area contributed by atoms with Crippen LogP contribution in [0.2, 0.25) is 0 Å². The summed E-state index contributed by atoms with van der Waals surface area (Å²) in [6.45, 7) is 4.71. The molecule has 0 saturated carbocycles. The highest BCUT2D eigenvalue weighted by molar-refractivity contribution is 7.89. The minimum atomic E-state index is -3.59. The van der Waals surface area contributed by atoms with E-state index in [-0.39, 0.29) is 11.8 Å². The largest absolute Gasteiger partial charge is 0.493 e. The van der Waals surface area contributed by atoms with Crippen LogP contribution in [0.4, 0.5) is 0 Å². The zero-order valence-corrected chi connectivity index (χ0v) is 21.6. The number of hydrogen-bond donors (Lipinski definition) is 0. The van der Waals surface area contributed by atoms with Gasteiger partial charge in [0, 0.05) is 32.6 Å². The van der Waals surface area contributed by atoms with Crippen LogP contribution >= 0.6 is 0 Å². The monoisotopic (exact) mass is 490 g/mol. The van der Waals surface area contributed by atoms with Crippen LogP contribution in [0.25, 0.3) is 0 Å². The highest BCUT2D eigenvalue weighted by Gasteiger charge is 2.34. The van der Waals surface area contributed by atoms with Crippen molar-refractivity contribution in [3.8, 4) is 17.2 Å². The van der Waals surface area contributed by atoms with E-state index >= 15 is 0 Å². The minimum Gasteiger partial charge on any atom is -0.493 e. The molecule has 0 radical (unpaired) electrons. The van der Waals surface area contributed by atoms with Crippen molar-refractivity contribution in [1.82, 2.24) is 9.21 Å². The maximum Gasteiger partial charge on any atom is 0.243 e. The number of aryl methyl sites for hydroxylation is 2. The van der Waals surface area contributed by atoms with Crippen LogP contribution in [0, 0.1) is 19.8 Å². The summed E-state index contributed by atoms with van der Waals surface area (Å²) < 4.78 is 44.0. The fourth-order valence-corrected chi connectivity index (χ4v) is 6.14. The average molecular weight is 491 g/mol. The Morgan fingerprint density at radius 2 is 1.59 bits per heavy atom. The Morgan fingerprint density at radius 3 is 2.12 bits per heavy atom. The quantitative estimate of drug-likeness (QED) is 0.564. The van der Waals surface area contributed by atoms with E-state index in [9.17, 15) is 13.2 Å². The highest BCUT2D eigenvalue weighted by atomic mass is 32.2. The smallest absolute Gasteiger partial charge is 0.243 e. The molecular weight excluding hydrogens is 456 g/mol.